The molecule has 4 aliphatic heterocycles. The number of nitrogen functional groups attached to an aromatic ring is 1. The van der Waals surface area contributed by atoms with Crippen LogP contribution in [0.2, 0.25) is 5.02 Å². The van der Waals surface area contributed by atoms with Gasteiger partial charge in [-0.2, -0.15) is 9.97 Å². The number of halogens is 4. The van der Waals surface area contributed by atoms with Crippen molar-refractivity contribution in [3.63, 3.8) is 0 Å². The Kier molecular flexibility index (Phi) is 6.51. The third-order valence-electron chi connectivity index (χ3n) is 10.7. The first-order valence-corrected chi connectivity index (χ1v) is 17.2. The second-order valence-electron chi connectivity index (χ2n) is 13.6. The number of hydrogen-bond donors (Lipinski definition) is 2. The summed E-state index contributed by atoms with van der Waals surface area (Å²) >= 11 is 8.16. The summed E-state index contributed by atoms with van der Waals surface area (Å²) in [6.45, 7) is 2.94. The summed E-state index contributed by atoms with van der Waals surface area (Å²) < 4.78 is 53.3. The SMILES string of the molecule is Nc1sc2c(F)ccc(-c3c(Cl)cc4c(N5C[C@H]6CC[C@@H](C5)N6)nc(OC[C@@]56CCCN5C[C@H](F)C6)nc4c3F)c2c1C1CC1. The molecule has 4 atom stereocenters. The lowest BCUT2D eigenvalue weighted by atomic mass is 9.95. The molecule has 3 N–H and O–H groups in total. The van der Waals surface area contributed by atoms with Crippen LogP contribution in [-0.2, 0) is 0 Å². The highest BCUT2D eigenvalue weighted by Crippen LogP contribution is 2.53. The summed E-state index contributed by atoms with van der Waals surface area (Å²) in [5.41, 5.74) is 7.67. The predicted molar refractivity (Wildman–Crippen MR) is 172 cm³/mol. The van der Waals surface area contributed by atoms with Gasteiger partial charge < -0.3 is 20.7 Å². The summed E-state index contributed by atoms with van der Waals surface area (Å²) in [5, 5.41) is 5.55. The molecule has 4 aromatic rings. The topological polar surface area (TPSA) is 79.5 Å². The van der Waals surface area contributed by atoms with E-state index in [0.29, 0.717) is 56.9 Å². The first-order valence-electron chi connectivity index (χ1n) is 16.0. The molecule has 236 valence electrons. The van der Waals surface area contributed by atoms with Crippen molar-refractivity contribution in [2.75, 3.05) is 43.4 Å². The monoisotopic (exact) mass is 654 g/mol. The molecule has 45 heavy (non-hydrogen) atoms. The zero-order valence-corrected chi connectivity index (χ0v) is 26.3. The molecule has 0 spiro atoms. The van der Waals surface area contributed by atoms with Crippen molar-refractivity contribution in [2.45, 2.75) is 74.7 Å². The fourth-order valence-corrected chi connectivity index (χ4v) is 9.91. The number of nitrogens with two attached hydrogens (primary N) is 1. The number of thiophene rings is 1. The normalized spacial score (nSPS) is 28.1. The van der Waals surface area contributed by atoms with Crippen molar-refractivity contribution in [3.05, 3.63) is 40.4 Å². The summed E-state index contributed by atoms with van der Waals surface area (Å²) in [7, 11) is 0. The zero-order chi connectivity index (χ0) is 30.6. The molecule has 1 aliphatic carbocycles. The van der Waals surface area contributed by atoms with E-state index in [4.69, 9.17) is 27.1 Å². The molecule has 9 rings (SSSR count). The number of ether oxygens (including phenoxy) is 1. The summed E-state index contributed by atoms with van der Waals surface area (Å²) in [6, 6.07) is 5.40. The Morgan fingerprint density at radius 1 is 1.11 bits per heavy atom. The van der Waals surface area contributed by atoms with Crippen molar-refractivity contribution in [1.29, 1.82) is 0 Å². The molecule has 0 radical (unpaired) electrons. The van der Waals surface area contributed by atoms with E-state index >= 15 is 8.78 Å². The Hall–Kier alpha value is -2.86. The first kappa shape index (κ1) is 28.4. The van der Waals surface area contributed by atoms with E-state index in [2.05, 4.69) is 20.1 Å². The molecule has 1 saturated carbocycles. The minimum Gasteiger partial charge on any atom is -0.461 e. The predicted octanol–water partition coefficient (Wildman–Crippen LogP) is 6.80. The molecule has 7 nitrogen and oxygen atoms in total. The molecule has 0 unspecified atom stereocenters. The van der Waals surface area contributed by atoms with Gasteiger partial charge in [0.15, 0.2) is 5.82 Å². The molecule has 5 aliphatic rings. The molecule has 5 fully saturated rings. The molecule has 2 aromatic carbocycles. The first-order chi connectivity index (χ1) is 21.8. The van der Waals surface area contributed by atoms with Crippen molar-refractivity contribution >= 4 is 54.7 Å². The van der Waals surface area contributed by atoms with Gasteiger partial charge in [-0.25, -0.2) is 13.2 Å². The molecule has 12 heteroatoms. The number of benzene rings is 2. The fraction of sp³-hybridized carbons (Fsp3) is 0.515. The standard InChI is InChI=1S/C33H34ClF3N6OS/c34-22-10-21-28(27(37)25(22)20-6-7-23(36)29-26(20)24(16-2-3-16)30(38)45-29)40-32(41-31(21)42-13-18-4-5-19(14-42)39-18)44-15-33-8-1-9-43(33)12-17(35)11-33/h6-7,10,16-19,39H,1-5,8-9,11-15,38H2/t17-,18-,19+,33+/m1/s1. The van der Waals surface area contributed by atoms with E-state index in [-0.39, 0.29) is 40.5 Å². The van der Waals surface area contributed by atoms with Gasteiger partial charge in [-0.05, 0) is 74.2 Å². The smallest absolute Gasteiger partial charge is 0.319 e. The van der Waals surface area contributed by atoms with Crippen LogP contribution in [-0.4, -0.2) is 71.4 Å². The van der Waals surface area contributed by atoms with Crippen LogP contribution in [0, 0.1) is 11.6 Å². The fourth-order valence-electron chi connectivity index (χ4n) is 8.53. The minimum atomic E-state index is -0.889. The van der Waals surface area contributed by atoms with E-state index in [9.17, 15) is 4.39 Å². The maximum absolute atomic E-state index is 17.1. The molecule has 6 heterocycles. The number of nitrogens with zero attached hydrogens (tertiary/aromatic N) is 4. The molecule has 4 saturated heterocycles. The largest absolute Gasteiger partial charge is 0.461 e. The van der Waals surface area contributed by atoms with Crippen LogP contribution in [0.25, 0.3) is 32.1 Å². The van der Waals surface area contributed by atoms with Crippen molar-refractivity contribution in [1.82, 2.24) is 20.2 Å². The van der Waals surface area contributed by atoms with Crippen LogP contribution in [0.1, 0.15) is 56.4 Å². The van der Waals surface area contributed by atoms with E-state index in [0.717, 1.165) is 63.7 Å². The average molecular weight is 655 g/mol. The average Bonchev–Trinajstić information content (AvgIpc) is 3.39. The van der Waals surface area contributed by atoms with Crippen LogP contribution in [0.4, 0.5) is 24.0 Å². The third kappa shape index (κ3) is 4.52. The highest BCUT2D eigenvalue weighted by molar-refractivity contribution is 7.23. The van der Waals surface area contributed by atoms with Crippen molar-refractivity contribution < 1.29 is 17.9 Å². The second kappa shape index (κ2) is 10.3. The lowest BCUT2D eigenvalue weighted by Crippen LogP contribution is -2.51. The van der Waals surface area contributed by atoms with Gasteiger partial charge in [-0.3, -0.25) is 4.90 Å². The van der Waals surface area contributed by atoms with Gasteiger partial charge in [-0.1, -0.05) is 17.7 Å². The molecular weight excluding hydrogens is 621 g/mol. The maximum Gasteiger partial charge on any atom is 0.319 e. The van der Waals surface area contributed by atoms with E-state index in [1.165, 1.54) is 17.4 Å². The number of hydrogen-bond acceptors (Lipinski definition) is 8. The number of rotatable bonds is 6. The molecular formula is C33H34ClF3N6OS. The van der Waals surface area contributed by atoms with Gasteiger partial charge in [0.25, 0.3) is 0 Å². The summed E-state index contributed by atoms with van der Waals surface area (Å²) in [6.07, 6.45) is 5.43. The van der Waals surface area contributed by atoms with Crippen LogP contribution in [0.5, 0.6) is 6.01 Å². The van der Waals surface area contributed by atoms with Gasteiger partial charge in [0.1, 0.15) is 29.9 Å². The Labute approximate surface area is 267 Å². The second-order valence-corrected chi connectivity index (χ2v) is 15.1. The highest BCUT2D eigenvalue weighted by atomic mass is 35.5. The van der Waals surface area contributed by atoms with E-state index in [1.807, 2.05) is 0 Å². The van der Waals surface area contributed by atoms with E-state index < -0.39 is 17.5 Å². The van der Waals surface area contributed by atoms with Crippen LogP contribution >= 0.6 is 22.9 Å². The quantitative estimate of drug-likeness (QED) is 0.237. The van der Waals surface area contributed by atoms with E-state index in [1.54, 1.807) is 12.1 Å². The summed E-state index contributed by atoms with van der Waals surface area (Å²) in [4.78, 5) is 13.9. The number of piperazine rings is 1. The number of aromatic nitrogens is 2. The van der Waals surface area contributed by atoms with Gasteiger partial charge in [0, 0.05) is 54.5 Å². The highest BCUT2D eigenvalue weighted by Gasteiger charge is 2.49. The lowest BCUT2D eigenvalue weighted by Gasteiger charge is -2.34. The third-order valence-corrected chi connectivity index (χ3v) is 12.0. The Morgan fingerprint density at radius 2 is 1.91 bits per heavy atom. The van der Waals surface area contributed by atoms with Gasteiger partial charge in [0.05, 0.1) is 20.3 Å². The van der Waals surface area contributed by atoms with Gasteiger partial charge in [-0.15, -0.1) is 11.3 Å². The Bertz CT molecular complexity index is 1860. The Balaban J connectivity index is 1.20. The number of alkyl halides is 1. The molecule has 2 aromatic heterocycles. The van der Waals surface area contributed by atoms with Gasteiger partial charge >= 0.3 is 6.01 Å². The molecule has 2 bridgehead atoms. The minimum absolute atomic E-state index is 0.0711. The van der Waals surface area contributed by atoms with Gasteiger partial charge in [0.2, 0.25) is 0 Å². The maximum atomic E-state index is 17.1. The van der Waals surface area contributed by atoms with Crippen molar-refractivity contribution in [3.8, 4) is 17.1 Å². The lowest BCUT2D eigenvalue weighted by molar-refractivity contribution is 0.107. The zero-order valence-electron chi connectivity index (χ0n) is 24.7. The number of fused-ring (bicyclic) bond motifs is 5. The van der Waals surface area contributed by atoms with Crippen LogP contribution in [0.3, 0.4) is 0 Å². The molecule has 0 amide bonds. The van der Waals surface area contributed by atoms with Crippen LogP contribution in [0.15, 0.2) is 18.2 Å². The van der Waals surface area contributed by atoms with Crippen LogP contribution < -0.4 is 20.7 Å². The van der Waals surface area contributed by atoms with Crippen molar-refractivity contribution in [2.24, 2.45) is 0 Å². The number of anilines is 2. The Morgan fingerprint density at radius 3 is 2.69 bits per heavy atom. The number of nitrogens with one attached hydrogen (secondary N) is 1. The summed E-state index contributed by atoms with van der Waals surface area (Å²) in [5.74, 6) is -0.174.